The summed E-state index contributed by atoms with van der Waals surface area (Å²) in [4.78, 5) is 13.0. The topological polar surface area (TPSA) is 56.2 Å². The number of ether oxygens (including phenoxy) is 1. The van der Waals surface area contributed by atoms with Gasteiger partial charge in [0.25, 0.3) is 5.91 Å². The van der Waals surface area contributed by atoms with E-state index < -0.39 is 5.91 Å². The van der Waals surface area contributed by atoms with Crippen LogP contribution >= 0.6 is 11.6 Å². The second kappa shape index (κ2) is 9.20. The van der Waals surface area contributed by atoms with Crippen molar-refractivity contribution in [2.24, 2.45) is 0 Å². The Kier molecular flexibility index (Phi) is 6.18. The quantitative estimate of drug-likeness (QED) is 0.393. The van der Waals surface area contributed by atoms with Crippen molar-refractivity contribution in [3.63, 3.8) is 0 Å². The molecule has 1 amide bonds. The number of halogens is 3. The molecule has 0 aliphatic heterocycles. The molecule has 8 heteroatoms. The number of nitrogens with one attached hydrogen (secondary N) is 1. The first-order valence-electron chi connectivity index (χ1n) is 9.70. The fraction of sp³-hybridized carbons (Fsp3) is 0.0833. The minimum absolute atomic E-state index is 0.0378. The minimum atomic E-state index is -0.495. The zero-order chi connectivity index (χ0) is 22.7. The Morgan fingerprint density at radius 2 is 1.69 bits per heavy atom. The second-order valence-corrected chi connectivity index (χ2v) is 7.45. The molecule has 0 saturated heterocycles. The zero-order valence-electron chi connectivity index (χ0n) is 17.0. The maximum atomic E-state index is 13.3. The van der Waals surface area contributed by atoms with E-state index in [2.05, 4.69) is 10.4 Å². The molecule has 1 heterocycles. The predicted octanol–water partition coefficient (Wildman–Crippen LogP) is 5.94. The fourth-order valence-electron chi connectivity index (χ4n) is 3.01. The van der Waals surface area contributed by atoms with Gasteiger partial charge in [-0.2, -0.15) is 5.10 Å². The second-order valence-electron chi connectivity index (χ2n) is 7.04. The van der Waals surface area contributed by atoms with E-state index in [1.54, 1.807) is 37.3 Å². The number of aromatic nitrogens is 2. The van der Waals surface area contributed by atoms with Gasteiger partial charge < -0.3 is 10.1 Å². The van der Waals surface area contributed by atoms with Crippen molar-refractivity contribution < 1.29 is 18.3 Å². The van der Waals surface area contributed by atoms with Gasteiger partial charge in [-0.25, -0.2) is 13.5 Å². The molecule has 5 nitrogen and oxygen atoms in total. The number of amides is 1. The Morgan fingerprint density at radius 1 is 1.03 bits per heavy atom. The number of hydrogen-bond acceptors (Lipinski definition) is 3. The van der Waals surface area contributed by atoms with Crippen LogP contribution in [0.1, 0.15) is 21.6 Å². The first kappa shape index (κ1) is 21.5. The molecule has 1 N–H and O–H groups in total. The Labute approximate surface area is 188 Å². The highest BCUT2D eigenvalue weighted by Gasteiger charge is 2.20. The molecule has 0 bridgehead atoms. The lowest BCUT2D eigenvalue weighted by Crippen LogP contribution is -2.15. The smallest absolute Gasteiger partial charge is 0.280 e. The summed E-state index contributed by atoms with van der Waals surface area (Å²) in [6.45, 7) is 1.90. The molecule has 4 rings (SSSR count). The molecular formula is C24H18ClF2N3O2. The predicted molar refractivity (Wildman–Crippen MR) is 118 cm³/mol. The highest BCUT2D eigenvalue weighted by Crippen LogP contribution is 2.26. The first-order chi connectivity index (χ1) is 15.4. The van der Waals surface area contributed by atoms with Crippen LogP contribution < -0.4 is 10.1 Å². The van der Waals surface area contributed by atoms with Gasteiger partial charge in [-0.15, -0.1) is 0 Å². The molecule has 32 heavy (non-hydrogen) atoms. The highest BCUT2D eigenvalue weighted by atomic mass is 35.5. The Bertz CT molecular complexity index is 1260. The van der Waals surface area contributed by atoms with E-state index in [0.717, 1.165) is 5.56 Å². The van der Waals surface area contributed by atoms with E-state index in [0.29, 0.717) is 22.0 Å². The fourth-order valence-corrected chi connectivity index (χ4v) is 3.19. The highest BCUT2D eigenvalue weighted by molar-refractivity contribution is 6.31. The van der Waals surface area contributed by atoms with Crippen LogP contribution in [0.15, 0.2) is 72.9 Å². The number of benzene rings is 3. The molecule has 0 radical (unpaired) electrons. The molecule has 3 aromatic carbocycles. The third-order valence-electron chi connectivity index (χ3n) is 4.81. The SMILES string of the molecule is Cc1c(Cl)cccc1NC(=O)c1nn(-c2ccc(F)cc2)cc1OCc1ccc(F)cc1. The van der Waals surface area contributed by atoms with Gasteiger partial charge in [0, 0.05) is 10.7 Å². The summed E-state index contributed by atoms with van der Waals surface area (Å²) in [6.07, 6.45) is 1.54. The van der Waals surface area contributed by atoms with Crippen LogP contribution in [0.4, 0.5) is 14.5 Å². The Balaban J connectivity index is 1.64. The van der Waals surface area contributed by atoms with E-state index in [9.17, 15) is 13.6 Å². The number of rotatable bonds is 6. The summed E-state index contributed by atoms with van der Waals surface area (Å²) >= 11 is 6.15. The molecule has 162 valence electrons. The third-order valence-corrected chi connectivity index (χ3v) is 5.22. The Hall–Kier alpha value is -3.71. The van der Waals surface area contributed by atoms with Crippen molar-refractivity contribution in [3.8, 4) is 11.4 Å². The molecule has 0 aliphatic carbocycles. The van der Waals surface area contributed by atoms with Crippen LogP contribution in [0.5, 0.6) is 5.75 Å². The van der Waals surface area contributed by atoms with Crippen molar-refractivity contribution in [1.29, 1.82) is 0 Å². The summed E-state index contributed by atoms with van der Waals surface area (Å²) in [5.41, 5.74) is 2.57. The summed E-state index contributed by atoms with van der Waals surface area (Å²) in [5.74, 6) is -1.01. The van der Waals surface area contributed by atoms with Crippen molar-refractivity contribution >= 4 is 23.2 Å². The van der Waals surface area contributed by atoms with Gasteiger partial charge in [0.15, 0.2) is 11.4 Å². The van der Waals surface area contributed by atoms with Crippen molar-refractivity contribution in [2.45, 2.75) is 13.5 Å². The van der Waals surface area contributed by atoms with Crippen molar-refractivity contribution in [2.75, 3.05) is 5.32 Å². The lowest BCUT2D eigenvalue weighted by molar-refractivity contribution is 0.101. The van der Waals surface area contributed by atoms with Crippen LogP contribution in [0.3, 0.4) is 0 Å². The number of carbonyl (C=O) groups excluding carboxylic acids is 1. The van der Waals surface area contributed by atoms with E-state index in [1.807, 2.05) is 0 Å². The van der Waals surface area contributed by atoms with Gasteiger partial charge in [0.1, 0.15) is 18.2 Å². The minimum Gasteiger partial charge on any atom is -0.485 e. The number of carbonyl (C=O) groups is 1. The van der Waals surface area contributed by atoms with E-state index in [1.165, 1.54) is 47.3 Å². The lowest BCUT2D eigenvalue weighted by atomic mass is 10.2. The largest absolute Gasteiger partial charge is 0.485 e. The number of nitrogens with zero attached hydrogens (tertiary/aromatic N) is 2. The summed E-state index contributed by atoms with van der Waals surface area (Å²) < 4.78 is 33.7. The molecule has 4 aromatic rings. The summed E-state index contributed by atoms with van der Waals surface area (Å²) in [6, 6.07) is 16.7. The van der Waals surface area contributed by atoms with Crippen LogP contribution in [-0.2, 0) is 6.61 Å². The molecule has 0 atom stereocenters. The normalized spacial score (nSPS) is 10.8. The zero-order valence-corrected chi connectivity index (χ0v) is 17.7. The molecule has 0 aliphatic rings. The molecule has 1 aromatic heterocycles. The number of hydrogen-bond donors (Lipinski definition) is 1. The van der Waals surface area contributed by atoms with Gasteiger partial charge in [-0.1, -0.05) is 29.8 Å². The summed E-state index contributed by atoms with van der Waals surface area (Å²) in [5, 5.41) is 7.67. The van der Waals surface area contributed by atoms with Gasteiger partial charge in [-0.05, 0) is 66.6 Å². The van der Waals surface area contributed by atoms with Gasteiger partial charge in [-0.3, -0.25) is 4.79 Å². The van der Waals surface area contributed by atoms with Crippen molar-refractivity contribution in [1.82, 2.24) is 9.78 Å². The van der Waals surface area contributed by atoms with Crippen LogP contribution in [-0.4, -0.2) is 15.7 Å². The molecule has 0 unspecified atom stereocenters. The van der Waals surface area contributed by atoms with E-state index in [4.69, 9.17) is 16.3 Å². The van der Waals surface area contributed by atoms with Crippen molar-refractivity contribution in [3.05, 3.63) is 106 Å². The monoisotopic (exact) mass is 453 g/mol. The average molecular weight is 454 g/mol. The molecular weight excluding hydrogens is 436 g/mol. The average Bonchev–Trinajstić information content (AvgIpc) is 3.21. The standard InChI is InChI=1S/C24H18ClF2N3O2/c1-15-20(25)3-2-4-21(15)28-24(31)23-22(32-14-16-5-7-17(26)8-6-16)13-30(29-23)19-11-9-18(27)10-12-19/h2-13H,14H2,1H3,(H,28,31). The number of anilines is 1. The van der Waals surface area contributed by atoms with Gasteiger partial charge in [0.05, 0.1) is 11.9 Å². The van der Waals surface area contributed by atoms with Gasteiger partial charge >= 0.3 is 0 Å². The first-order valence-corrected chi connectivity index (χ1v) is 10.1. The third kappa shape index (κ3) is 4.78. The Morgan fingerprint density at radius 3 is 2.38 bits per heavy atom. The molecule has 0 saturated carbocycles. The molecule has 0 spiro atoms. The lowest BCUT2D eigenvalue weighted by Gasteiger charge is -2.10. The van der Waals surface area contributed by atoms with Crippen LogP contribution in [0.2, 0.25) is 5.02 Å². The van der Waals surface area contributed by atoms with Crippen LogP contribution in [0.25, 0.3) is 5.69 Å². The summed E-state index contributed by atoms with van der Waals surface area (Å²) in [7, 11) is 0. The van der Waals surface area contributed by atoms with Gasteiger partial charge in [0.2, 0.25) is 0 Å². The molecule has 0 fully saturated rings. The van der Waals surface area contributed by atoms with E-state index >= 15 is 0 Å². The maximum absolute atomic E-state index is 13.3. The van der Waals surface area contributed by atoms with E-state index in [-0.39, 0.29) is 29.7 Å². The maximum Gasteiger partial charge on any atom is 0.280 e. The van der Waals surface area contributed by atoms with Crippen LogP contribution in [0, 0.1) is 18.6 Å².